The van der Waals surface area contributed by atoms with E-state index >= 15 is 0 Å². The molecule has 1 saturated carbocycles. The molecule has 0 saturated heterocycles. The Morgan fingerprint density at radius 2 is 2.33 bits per heavy atom. The first kappa shape index (κ1) is 12.9. The summed E-state index contributed by atoms with van der Waals surface area (Å²) in [6.07, 6.45) is 6.56. The van der Waals surface area contributed by atoms with Crippen LogP contribution in [0.5, 0.6) is 0 Å². The summed E-state index contributed by atoms with van der Waals surface area (Å²) in [5.74, 6) is 1.20. The molecule has 0 aliphatic heterocycles. The molecule has 0 bridgehead atoms. The predicted octanol–water partition coefficient (Wildman–Crippen LogP) is 2.86. The van der Waals surface area contributed by atoms with E-state index in [1.165, 1.54) is 32.8 Å². The fourth-order valence-corrected chi connectivity index (χ4v) is 2.53. The Morgan fingerprint density at radius 1 is 1.50 bits per heavy atom. The van der Waals surface area contributed by atoms with Crippen molar-refractivity contribution < 1.29 is 9.53 Å². The minimum atomic E-state index is -0.322. The van der Waals surface area contributed by atoms with Crippen molar-refractivity contribution in [3.63, 3.8) is 0 Å². The summed E-state index contributed by atoms with van der Waals surface area (Å²) < 4.78 is 4.70. The summed E-state index contributed by atoms with van der Waals surface area (Å²) in [4.78, 5) is 15.7. The molecule has 1 aromatic rings. The lowest BCUT2D eigenvalue weighted by Gasteiger charge is -2.27. The van der Waals surface area contributed by atoms with Gasteiger partial charge in [-0.3, -0.25) is 0 Å². The number of pyridine rings is 1. The van der Waals surface area contributed by atoms with Gasteiger partial charge in [0.05, 0.1) is 12.7 Å². The predicted molar refractivity (Wildman–Crippen MR) is 70.6 cm³/mol. The molecular formula is C14H20N2O2. The monoisotopic (exact) mass is 248 g/mol. The van der Waals surface area contributed by atoms with Crippen LogP contribution in [-0.4, -0.2) is 24.1 Å². The van der Waals surface area contributed by atoms with Crippen LogP contribution in [0.2, 0.25) is 0 Å². The SMILES string of the molecule is COC(=O)c1ccnc(NC2CCCC(C)C2)c1. The van der Waals surface area contributed by atoms with Crippen molar-refractivity contribution in [2.75, 3.05) is 12.4 Å². The molecule has 1 aliphatic rings. The maximum Gasteiger partial charge on any atom is 0.338 e. The highest BCUT2D eigenvalue weighted by Crippen LogP contribution is 2.25. The third-order valence-corrected chi connectivity index (χ3v) is 3.47. The molecule has 18 heavy (non-hydrogen) atoms. The Kier molecular flexibility index (Phi) is 4.18. The van der Waals surface area contributed by atoms with E-state index in [2.05, 4.69) is 17.2 Å². The zero-order chi connectivity index (χ0) is 13.0. The summed E-state index contributed by atoms with van der Waals surface area (Å²) in [7, 11) is 1.39. The van der Waals surface area contributed by atoms with E-state index in [0.717, 1.165) is 11.7 Å². The van der Waals surface area contributed by atoms with Gasteiger partial charge in [0.25, 0.3) is 0 Å². The second-order valence-corrected chi connectivity index (χ2v) is 5.03. The number of hydrogen-bond donors (Lipinski definition) is 1. The lowest BCUT2D eigenvalue weighted by atomic mass is 9.87. The highest BCUT2D eigenvalue weighted by Gasteiger charge is 2.19. The number of esters is 1. The van der Waals surface area contributed by atoms with Crippen LogP contribution in [-0.2, 0) is 4.74 Å². The minimum absolute atomic E-state index is 0.322. The molecule has 1 fully saturated rings. The van der Waals surface area contributed by atoms with Gasteiger partial charge in [-0.05, 0) is 30.9 Å². The van der Waals surface area contributed by atoms with Gasteiger partial charge in [-0.2, -0.15) is 0 Å². The van der Waals surface area contributed by atoms with Gasteiger partial charge in [-0.25, -0.2) is 9.78 Å². The van der Waals surface area contributed by atoms with Crippen molar-refractivity contribution in [3.05, 3.63) is 23.9 Å². The van der Waals surface area contributed by atoms with Crippen LogP contribution in [0.4, 0.5) is 5.82 Å². The van der Waals surface area contributed by atoms with Crippen molar-refractivity contribution >= 4 is 11.8 Å². The molecule has 2 unspecified atom stereocenters. The first-order valence-corrected chi connectivity index (χ1v) is 6.50. The standard InChI is InChI=1S/C14H20N2O2/c1-10-4-3-5-12(8-10)16-13-9-11(6-7-15-13)14(17)18-2/h6-7,9-10,12H,3-5,8H2,1-2H3,(H,15,16). The Morgan fingerprint density at radius 3 is 3.06 bits per heavy atom. The van der Waals surface area contributed by atoms with Crippen molar-refractivity contribution in [2.24, 2.45) is 5.92 Å². The number of carbonyl (C=O) groups is 1. The number of anilines is 1. The van der Waals surface area contributed by atoms with Crippen LogP contribution in [0.25, 0.3) is 0 Å². The molecule has 1 aromatic heterocycles. The fourth-order valence-electron chi connectivity index (χ4n) is 2.53. The van der Waals surface area contributed by atoms with E-state index in [0.29, 0.717) is 11.6 Å². The molecule has 0 spiro atoms. The van der Waals surface area contributed by atoms with E-state index in [-0.39, 0.29) is 5.97 Å². The van der Waals surface area contributed by atoms with Crippen LogP contribution in [0.1, 0.15) is 43.0 Å². The zero-order valence-corrected chi connectivity index (χ0v) is 11.0. The van der Waals surface area contributed by atoms with Crippen LogP contribution in [0, 0.1) is 5.92 Å². The van der Waals surface area contributed by atoms with Crippen LogP contribution < -0.4 is 5.32 Å². The normalized spacial score (nSPS) is 23.4. The van der Waals surface area contributed by atoms with Crippen molar-refractivity contribution in [2.45, 2.75) is 38.6 Å². The molecule has 98 valence electrons. The molecule has 1 aliphatic carbocycles. The molecule has 1 N–H and O–H groups in total. The summed E-state index contributed by atoms with van der Waals surface area (Å²) in [5.41, 5.74) is 0.541. The molecule has 1 heterocycles. The first-order valence-electron chi connectivity index (χ1n) is 6.50. The number of hydrogen-bond acceptors (Lipinski definition) is 4. The van der Waals surface area contributed by atoms with Gasteiger partial charge in [-0.1, -0.05) is 19.8 Å². The van der Waals surface area contributed by atoms with Crippen LogP contribution in [0.15, 0.2) is 18.3 Å². The first-order chi connectivity index (χ1) is 8.69. The number of carbonyl (C=O) groups excluding carboxylic acids is 1. The van der Waals surface area contributed by atoms with Crippen molar-refractivity contribution in [1.82, 2.24) is 4.98 Å². The number of methoxy groups -OCH3 is 1. The third kappa shape index (κ3) is 3.22. The average molecular weight is 248 g/mol. The van der Waals surface area contributed by atoms with E-state index in [1.54, 1.807) is 18.3 Å². The Bertz CT molecular complexity index is 420. The zero-order valence-electron chi connectivity index (χ0n) is 11.0. The largest absolute Gasteiger partial charge is 0.465 e. The van der Waals surface area contributed by atoms with Gasteiger partial charge >= 0.3 is 5.97 Å². The molecule has 0 aromatic carbocycles. The molecule has 4 heteroatoms. The van der Waals surface area contributed by atoms with Crippen LogP contribution in [0.3, 0.4) is 0 Å². The second kappa shape index (κ2) is 5.85. The molecule has 0 radical (unpaired) electrons. The summed E-state index contributed by atoms with van der Waals surface area (Å²) >= 11 is 0. The highest BCUT2D eigenvalue weighted by atomic mass is 16.5. The van der Waals surface area contributed by atoms with Gasteiger partial charge < -0.3 is 10.1 Å². The number of aromatic nitrogens is 1. The number of nitrogens with zero attached hydrogens (tertiary/aromatic N) is 1. The summed E-state index contributed by atoms with van der Waals surface area (Å²) in [6, 6.07) is 3.89. The molecule has 2 atom stereocenters. The Labute approximate surface area is 108 Å². The van der Waals surface area contributed by atoms with Gasteiger partial charge in [0.1, 0.15) is 5.82 Å². The third-order valence-electron chi connectivity index (χ3n) is 3.47. The van der Waals surface area contributed by atoms with Gasteiger partial charge in [0.2, 0.25) is 0 Å². The minimum Gasteiger partial charge on any atom is -0.465 e. The maximum atomic E-state index is 11.4. The van der Waals surface area contributed by atoms with Gasteiger partial charge in [0.15, 0.2) is 0 Å². The van der Waals surface area contributed by atoms with Gasteiger partial charge in [0, 0.05) is 12.2 Å². The van der Waals surface area contributed by atoms with E-state index in [9.17, 15) is 4.79 Å². The maximum absolute atomic E-state index is 11.4. The topological polar surface area (TPSA) is 51.2 Å². The number of nitrogens with one attached hydrogen (secondary N) is 1. The average Bonchev–Trinajstić information content (AvgIpc) is 2.38. The lowest BCUT2D eigenvalue weighted by Crippen LogP contribution is -2.26. The van der Waals surface area contributed by atoms with Crippen molar-refractivity contribution in [3.8, 4) is 0 Å². The van der Waals surface area contributed by atoms with Crippen molar-refractivity contribution in [1.29, 1.82) is 0 Å². The number of rotatable bonds is 3. The second-order valence-electron chi connectivity index (χ2n) is 5.03. The molecule has 2 rings (SSSR count). The summed E-state index contributed by atoms with van der Waals surface area (Å²) in [5, 5.41) is 3.41. The quantitative estimate of drug-likeness (QED) is 0.836. The van der Waals surface area contributed by atoms with Crippen LogP contribution >= 0.6 is 0 Å². The van der Waals surface area contributed by atoms with E-state index in [4.69, 9.17) is 4.74 Å². The molecule has 4 nitrogen and oxygen atoms in total. The van der Waals surface area contributed by atoms with E-state index in [1.807, 2.05) is 0 Å². The molecule has 0 amide bonds. The Hall–Kier alpha value is -1.58. The molecular weight excluding hydrogens is 228 g/mol. The smallest absolute Gasteiger partial charge is 0.338 e. The van der Waals surface area contributed by atoms with E-state index < -0.39 is 0 Å². The summed E-state index contributed by atoms with van der Waals surface area (Å²) in [6.45, 7) is 2.28. The fraction of sp³-hybridized carbons (Fsp3) is 0.571. The Balaban J connectivity index is 2.02. The van der Waals surface area contributed by atoms with Gasteiger partial charge in [-0.15, -0.1) is 0 Å². The lowest BCUT2D eigenvalue weighted by molar-refractivity contribution is 0.0600. The highest BCUT2D eigenvalue weighted by molar-refractivity contribution is 5.89. The number of ether oxygens (including phenoxy) is 1.